The van der Waals surface area contributed by atoms with Crippen LogP contribution in [0.25, 0.3) is 0 Å². The molecule has 0 unspecified atom stereocenters. The van der Waals surface area contributed by atoms with Crippen molar-refractivity contribution < 1.29 is 19.5 Å². The largest absolute Gasteiger partial charge is 0.477 e. The summed E-state index contributed by atoms with van der Waals surface area (Å²) in [6, 6.07) is 10.4. The number of benzene rings is 1. The summed E-state index contributed by atoms with van der Waals surface area (Å²) < 4.78 is 0. The molecule has 0 atom stereocenters. The van der Waals surface area contributed by atoms with Crippen LogP contribution in [-0.2, 0) is 17.9 Å². The molecule has 2 N–H and O–H groups in total. The van der Waals surface area contributed by atoms with Crippen LogP contribution < -0.4 is 5.32 Å². The molecule has 0 radical (unpaired) electrons. The van der Waals surface area contributed by atoms with E-state index >= 15 is 0 Å². The van der Waals surface area contributed by atoms with Crippen molar-refractivity contribution in [2.45, 2.75) is 25.9 Å². The molecule has 0 aliphatic carbocycles. The second-order valence-corrected chi connectivity index (χ2v) is 7.04. The van der Waals surface area contributed by atoms with Gasteiger partial charge in [-0.2, -0.15) is 0 Å². The monoisotopic (exact) mass is 358 g/mol. The maximum Gasteiger partial charge on any atom is 0.345 e. The van der Waals surface area contributed by atoms with Crippen molar-refractivity contribution in [1.29, 1.82) is 0 Å². The number of nitrogens with zero attached hydrogens (tertiary/aromatic N) is 1. The number of carbonyl (C=O) groups excluding carboxylic acids is 2. The number of nitrogens with one attached hydrogen (secondary N) is 1. The molecule has 7 heteroatoms. The minimum atomic E-state index is -0.963. The average Bonchev–Trinajstić information content (AvgIpc) is 3.23. The lowest BCUT2D eigenvalue weighted by Gasteiger charge is -2.15. The van der Waals surface area contributed by atoms with E-state index in [1.54, 1.807) is 18.2 Å². The summed E-state index contributed by atoms with van der Waals surface area (Å²) in [6.45, 7) is 1.66. The first-order valence-corrected chi connectivity index (χ1v) is 8.81. The lowest BCUT2D eigenvalue weighted by molar-refractivity contribution is -0.128. The molecule has 2 amide bonds. The molecule has 0 saturated carbocycles. The van der Waals surface area contributed by atoms with Gasteiger partial charge in [0.2, 0.25) is 5.91 Å². The average molecular weight is 358 g/mol. The zero-order chi connectivity index (χ0) is 17.8. The van der Waals surface area contributed by atoms with E-state index < -0.39 is 5.97 Å². The second-order valence-electron chi connectivity index (χ2n) is 5.87. The Labute approximate surface area is 149 Å². The van der Waals surface area contributed by atoms with Crippen LogP contribution in [0.1, 0.15) is 43.3 Å². The summed E-state index contributed by atoms with van der Waals surface area (Å²) in [6.07, 6.45) is 1.53. The van der Waals surface area contributed by atoms with Crippen LogP contribution in [-0.4, -0.2) is 34.3 Å². The van der Waals surface area contributed by atoms with Crippen molar-refractivity contribution in [3.05, 3.63) is 57.3 Å². The molecule has 0 bridgehead atoms. The predicted octanol–water partition coefficient (Wildman–Crippen LogP) is 2.50. The minimum Gasteiger partial charge on any atom is -0.477 e. The molecule has 1 aromatic carbocycles. The molecular weight excluding hydrogens is 340 g/mol. The van der Waals surface area contributed by atoms with Crippen LogP contribution in [0.15, 0.2) is 36.4 Å². The normalized spacial score (nSPS) is 13.9. The minimum absolute atomic E-state index is 0.179. The van der Waals surface area contributed by atoms with Crippen molar-refractivity contribution in [3.8, 4) is 0 Å². The highest BCUT2D eigenvalue weighted by atomic mass is 32.1. The number of carbonyl (C=O) groups is 3. The van der Waals surface area contributed by atoms with Gasteiger partial charge >= 0.3 is 5.97 Å². The van der Waals surface area contributed by atoms with E-state index in [0.29, 0.717) is 25.1 Å². The Kier molecular flexibility index (Phi) is 5.14. The van der Waals surface area contributed by atoms with Gasteiger partial charge in [0.15, 0.2) is 0 Å². The van der Waals surface area contributed by atoms with Crippen LogP contribution in [0.5, 0.6) is 0 Å². The number of thiophene rings is 1. The highest BCUT2D eigenvalue weighted by Crippen LogP contribution is 2.17. The summed E-state index contributed by atoms with van der Waals surface area (Å²) >= 11 is 1.15. The van der Waals surface area contributed by atoms with Gasteiger partial charge in [0.25, 0.3) is 5.91 Å². The molecule has 2 heterocycles. The summed E-state index contributed by atoms with van der Waals surface area (Å²) in [5, 5.41) is 11.7. The van der Waals surface area contributed by atoms with Gasteiger partial charge in [-0.15, -0.1) is 11.3 Å². The van der Waals surface area contributed by atoms with Gasteiger partial charge < -0.3 is 15.3 Å². The van der Waals surface area contributed by atoms with Crippen molar-refractivity contribution in [2.75, 3.05) is 6.54 Å². The fourth-order valence-electron chi connectivity index (χ4n) is 2.71. The molecule has 1 fully saturated rings. The Balaban J connectivity index is 1.54. The van der Waals surface area contributed by atoms with E-state index in [4.69, 9.17) is 5.11 Å². The van der Waals surface area contributed by atoms with E-state index in [0.717, 1.165) is 34.7 Å². The molecule has 1 aromatic heterocycles. The summed E-state index contributed by atoms with van der Waals surface area (Å²) in [7, 11) is 0. The highest BCUT2D eigenvalue weighted by Gasteiger charge is 2.20. The second kappa shape index (κ2) is 7.48. The zero-order valence-electron chi connectivity index (χ0n) is 13.5. The van der Waals surface area contributed by atoms with Gasteiger partial charge in [0, 0.05) is 30.0 Å². The van der Waals surface area contributed by atoms with Gasteiger partial charge in [0.05, 0.1) is 6.54 Å². The third-order valence-electron chi connectivity index (χ3n) is 4.06. The molecule has 1 aliphatic heterocycles. The predicted molar refractivity (Wildman–Crippen MR) is 93.5 cm³/mol. The molecular formula is C18H18N2O4S. The Morgan fingerprint density at radius 3 is 2.52 bits per heavy atom. The third-order valence-corrected chi connectivity index (χ3v) is 5.13. The first-order chi connectivity index (χ1) is 12.0. The molecule has 2 aromatic rings. The van der Waals surface area contributed by atoms with Gasteiger partial charge in [-0.1, -0.05) is 12.1 Å². The van der Waals surface area contributed by atoms with Crippen LogP contribution in [0, 0.1) is 0 Å². The number of rotatable bonds is 6. The molecule has 3 rings (SSSR count). The Morgan fingerprint density at radius 1 is 1.16 bits per heavy atom. The lowest BCUT2D eigenvalue weighted by Crippen LogP contribution is -2.24. The van der Waals surface area contributed by atoms with Crippen molar-refractivity contribution in [1.82, 2.24) is 10.2 Å². The fourth-order valence-corrected chi connectivity index (χ4v) is 3.50. The van der Waals surface area contributed by atoms with E-state index in [-0.39, 0.29) is 16.7 Å². The van der Waals surface area contributed by atoms with Gasteiger partial charge in [-0.05, 0) is 36.2 Å². The molecule has 6 nitrogen and oxygen atoms in total. The number of hydrogen-bond donors (Lipinski definition) is 2. The Bertz CT molecular complexity index is 798. The molecule has 0 spiro atoms. The van der Waals surface area contributed by atoms with Crippen LogP contribution in [0.2, 0.25) is 0 Å². The third kappa shape index (κ3) is 4.24. The Morgan fingerprint density at radius 2 is 1.92 bits per heavy atom. The molecule has 130 valence electrons. The maximum absolute atomic E-state index is 12.2. The number of amides is 2. The van der Waals surface area contributed by atoms with E-state index in [1.807, 2.05) is 17.0 Å². The molecule has 1 aliphatic rings. The zero-order valence-corrected chi connectivity index (χ0v) is 14.3. The van der Waals surface area contributed by atoms with E-state index in [1.165, 1.54) is 6.07 Å². The van der Waals surface area contributed by atoms with Crippen LogP contribution in [0.4, 0.5) is 0 Å². The first-order valence-electron chi connectivity index (χ1n) is 8.00. The lowest BCUT2D eigenvalue weighted by atomic mass is 10.1. The fraction of sp³-hybridized carbons (Fsp3) is 0.278. The quantitative estimate of drug-likeness (QED) is 0.831. The highest BCUT2D eigenvalue weighted by molar-refractivity contribution is 7.13. The van der Waals surface area contributed by atoms with Crippen LogP contribution in [0.3, 0.4) is 0 Å². The van der Waals surface area contributed by atoms with Crippen LogP contribution >= 0.6 is 11.3 Å². The SMILES string of the molecule is O=C(NCc1ccc(C(=O)O)s1)c1ccc(CN2CCCC2=O)cc1. The smallest absolute Gasteiger partial charge is 0.345 e. The van der Waals surface area contributed by atoms with Crippen molar-refractivity contribution >= 4 is 29.1 Å². The summed E-state index contributed by atoms with van der Waals surface area (Å²) in [5.41, 5.74) is 1.53. The van der Waals surface area contributed by atoms with Gasteiger partial charge in [0.1, 0.15) is 4.88 Å². The number of aromatic carboxylic acids is 1. The van der Waals surface area contributed by atoms with E-state index in [9.17, 15) is 14.4 Å². The standard InChI is InChI=1S/C18H18N2O4S/c21-16-2-1-9-20(16)11-12-3-5-13(6-4-12)17(22)19-10-14-7-8-15(25-14)18(23)24/h3-8H,1-2,9-11H2,(H,19,22)(H,23,24). The maximum atomic E-state index is 12.2. The topological polar surface area (TPSA) is 86.7 Å². The van der Waals surface area contributed by atoms with Gasteiger partial charge in [-0.25, -0.2) is 4.79 Å². The summed E-state index contributed by atoms with van der Waals surface area (Å²) in [5.74, 6) is -0.998. The molecule has 1 saturated heterocycles. The first kappa shape index (κ1) is 17.2. The van der Waals surface area contributed by atoms with Gasteiger partial charge in [-0.3, -0.25) is 9.59 Å². The van der Waals surface area contributed by atoms with E-state index in [2.05, 4.69) is 5.32 Å². The Hall–Kier alpha value is -2.67. The number of carboxylic acid groups (broad SMARTS) is 1. The van der Waals surface area contributed by atoms with Crippen molar-refractivity contribution in [3.63, 3.8) is 0 Å². The molecule has 25 heavy (non-hydrogen) atoms. The summed E-state index contributed by atoms with van der Waals surface area (Å²) in [4.78, 5) is 37.5. The van der Waals surface area contributed by atoms with Crippen molar-refractivity contribution in [2.24, 2.45) is 0 Å². The number of carboxylic acids is 1. The number of likely N-dealkylation sites (tertiary alicyclic amines) is 1. The number of hydrogen-bond acceptors (Lipinski definition) is 4.